The van der Waals surface area contributed by atoms with E-state index in [9.17, 15) is 0 Å². The van der Waals surface area contributed by atoms with Gasteiger partial charge in [0.2, 0.25) is 0 Å². The van der Waals surface area contributed by atoms with E-state index in [4.69, 9.17) is 16.6 Å². The van der Waals surface area contributed by atoms with Gasteiger partial charge in [0.05, 0.1) is 0 Å². The van der Waals surface area contributed by atoms with Gasteiger partial charge < -0.3 is 4.43 Å². The lowest BCUT2D eigenvalue weighted by atomic mass is 9.84. The van der Waals surface area contributed by atoms with Crippen molar-refractivity contribution in [1.29, 1.82) is 0 Å². The second-order valence-corrected chi connectivity index (χ2v) is 8.05. The van der Waals surface area contributed by atoms with Crippen LogP contribution in [0.3, 0.4) is 0 Å². The normalized spacial score (nSPS) is 36.2. The highest BCUT2D eigenvalue weighted by molar-refractivity contribution is 7.80. The van der Waals surface area contributed by atoms with Gasteiger partial charge >= 0.3 is 0 Å². The zero-order valence-electron chi connectivity index (χ0n) is 11.5. The molecule has 2 rings (SSSR count). The van der Waals surface area contributed by atoms with Gasteiger partial charge in [-0.05, 0) is 56.7 Å². The number of thiocarbonyl (C=S) groups is 1. The SMILES string of the molecule is CCC12CCC(C(C)=S)(C=C1[SiH2]OC(C)C)C2. The lowest BCUT2D eigenvalue weighted by Gasteiger charge is -2.29. The van der Waals surface area contributed by atoms with E-state index < -0.39 is 9.76 Å². The summed E-state index contributed by atoms with van der Waals surface area (Å²) in [4.78, 5) is 1.20. The molecule has 0 N–H and O–H groups in total. The van der Waals surface area contributed by atoms with E-state index in [1.54, 1.807) is 5.20 Å². The van der Waals surface area contributed by atoms with Crippen LogP contribution < -0.4 is 0 Å². The average Bonchev–Trinajstić information content (AvgIpc) is 2.81. The zero-order valence-corrected chi connectivity index (χ0v) is 13.7. The second kappa shape index (κ2) is 4.60. The predicted octanol–water partition coefficient (Wildman–Crippen LogP) is 3.35. The quantitative estimate of drug-likeness (QED) is 0.558. The third kappa shape index (κ3) is 2.17. The molecule has 1 fully saturated rings. The Morgan fingerprint density at radius 1 is 1.53 bits per heavy atom. The van der Waals surface area contributed by atoms with Crippen LogP contribution in [0.25, 0.3) is 0 Å². The zero-order chi connectivity index (χ0) is 12.7. The largest absolute Gasteiger partial charge is 0.417 e. The van der Waals surface area contributed by atoms with Crippen molar-refractivity contribution in [3.05, 3.63) is 11.3 Å². The maximum Gasteiger partial charge on any atom is 0.188 e. The fourth-order valence-electron chi connectivity index (χ4n) is 3.51. The van der Waals surface area contributed by atoms with Crippen LogP contribution in [0.5, 0.6) is 0 Å². The summed E-state index contributed by atoms with van der Waals surface area (Å²) >= 11 is 5.51. The van der Waals surface area contributed by atoms with Gasteiger partial charge in [0.25, 0.3) is 0 Å². The van der Waals surface area contributed by atoms with E-state index >= 15 is 0 Å². The minimum atomic E-state index is -0.523. The van der Waals surface area contributed by atoms with E-state index in [1.807, 2.05) is 0 Å². The fourth-order valence-corrected chi connectivity index (χ4v) is 5.59. The van der Waals surface area contributed by atoms with Gasteiger partial charge in [-0.25, -0.2) is 0 Å². The lowest BCUT2D eigenvalue weighted by molar-refractivity contribution is 0.252. The molecule has 2 bridgehead atoms. The van der Waals surface area contributed by atoms with Crippen molar-refractivity contribution in [3.63, 3.8) is 0 Å². The molecule has 2 unspecified atom stereocenters. The maximum atomic E-state index is 5.96. The summed E-state index contributed by atoms with van der Waals surface area (Å²) in [6.07, 6.45) is 8.03. The molecule has 1 saturated carbocycles. The van der Waals surface area contributed by atoms with Gasteiger partial charge in [-0.1, -0.05) is 30.4 Å². The molecule has 96 valence electrons. The molecule has 2 aliphatic rings. The summed E-state index contributed by atoms with van der Waals surface area (Å²) < 4.78 is 5.96. The molecule has 0 aromatic rings. The van der Waals surface area contributed by atoms with Crippen LogP contribution in [0.15, 0.2) is 11.3 Å². The number of fused-ring (bicyclic) bond motifs is 2. The first-order valence-corrected chi connectivity index (χ1v) is 8.48. The molecule has 0 heterocycles. The van der Waals surface area contributed by atoms with Gasteiger partial charge in [0.15, 0.2) is 9.76 Å². The number of allylic oxidation sites excluding steroid dienone is 2. The summed E-state index contributed by atoms with van der Waals surface area (Å²) in [6, 6.07) is 0. The first kappa shape index (κ1) is 13.4. The van der Waals surface area contributed by atoms with Crippen LogP contribution in [0.1, 0.15) is 53.4 Å². The molecule has 0 saturated heterocycles. The van der Waals surface area contributed by atoms with E-state index in [0.29, 0.717) is 11.5 Å². The summed E-state index contributed by atoms with van der Waals surface area (Å²) in [5, 5.41) is 1.66. The molecule has 0 amide bonds. The Bertz CT molecular complexity index is 363. The lowest BCUT2D eigenvalue weighted by Crippen LogP contribution is -2.23. The van der Waals surface area contributed by atoms with E-state index in [0.717, 1.165) is 0 Å². The summed E-state index contributed by atoms with van der Waals surface area (Å²) in [5.74, 6) is 0. The third-order valence-electron chi connectivity index (χ3n) is 4.79. The smallest absolute Gasteiger partial charge is 0.188 e. The van der Waals surface area contributed by atoms with Crippen molar-refractivity contribution in [2.45, 2.75) is 59.5 Å². The molecular weight excluding hydrogens is 244 g/mol. The molecule has 17 heavy (non-hydrogen) atoms. The molecule has 0 aliphatic heterocycles. The van der Waals surface area contributed by atoms with Gasteiger partial charge in [-0.3, -0.25) is 0 Å². The molecule has 1 nitrogen and oxygen atoms in total. The Hall–Kier alpha value is 0.00688. The maximum absolute atomic E-state index is 5.96. The highest BCUT2D eigenvalue weighted by Crippen LogP contribution is 2.62. The molecule has 0 spiro atoms. The highest BCUT2D eigenvalue weighted by Gasteiger charge is 2.54. The minimum Gasteiger partial charge on any atom is -0.417 e. The van der Waals surface area contributed by atoms with Crippen LogP contribution in [-0.4, -0.2) is 20.7 Å². The van der Waals surface area contributed by atoms with Crippen LogP contribution in [0, 0.1) is 10.8 Å². The number of hydrogen-bond acceptors (Lipinski definition) is 2. The first-order valence-electron chi connectivity index (χ1n) is 6.79. The highest BCUT2D eigenvalue weighted by atomic mass is 32.1. The Labute approximate surface area is 113 Å². The monoisotopic (exact) mass is 268 g/mol. The summed E-state index contributed by atoms with van der Waals surface area (Å²) in [5.41, 5.74) is 0.717. The van der Waals surface area contributed by atoms with Gasteiger partial charge in [-0.2, -0.15) is 0 Å². The summed E-state index contributed by atoms with van der Waals surface area (Å²) in [6.45, 7) is 8.74. The molecule has 2 atom stereocenters. The Kier molecular flexibility index (Phi) is 3.63. The molecular formula is C14H24OSSi. The van der Waals surface area contributed by atoms with Crippen LogP contribution >= 0.6 is 12.2 Å². The van der Waals surface area contributed by atoms with E-state index in [-0.39, 0.29) is 5.41 Å². The third-order valence-corrected chi connectivity index (χ3v) is 7.29. The molecule has 0 aromatic carbocycles. The molecule has 0 radical (unpaired) electrons. The van der Waals surface area contributed by atoms with Crippen molar-refractivity contribution >= 4 is 26.8 Å². The summed E-state index contributed by atoms with van der Waals surface area (Å²) in [7, 11) is -0.523. The van der Waals surface area contributed by atoms with Gasteiger partial charge in [0.1, 0.15) is 0 Å². The minimum absolute atomic E-state index is 0.258. The molecule has 2 aliphatic carbocycles. The number of hydrogen-bond donors (Lipinski definition) is 0. The van der Waals surface area contributed by atoms with Crippen LogP contribution in [0.4, 0.5) is 0 Å². The second-order valence-electron chi connectivity index (χ2n) is 6.05. The fraction of sp³-hybridized carbons (Fsp3) is 0.786. The van der Waals surface area contributed by atoms with Crippen molar-refractivity contribution in [2.75, 3.05) is 0 Å². The first-order chi connectivity index (χ1) is 7.94. The van der Waals surface area contributed by atoms with Crippen molar-refractivity contribution in [2.24, 2.45) is 10.8 Å². The average molecular weight is 268 g/mol. The predicted molar refractivity (Wildman–Crippen MR) is 80.1 cm³/mol. The van der Waals surface area contributed by atoms with E-state index in [2.05, 4.69) is 33.8 Å². The van der Waals surface area contributed by atoms with Gasteiger partial charge in [0, 0.05) is 11.5 Å². The van der Waals surface area contributed by atoms with Crippen molar-refractivity contribution in [3.8, 4) is 0 Å². The molecule has 3 heteroatoms. The van der Waals surface area contributed by atoms with Gasteiger partial charge in [-0.15, -0.1) is 0 Å². The topological polar surface area (TPSA) is 9.23 Å². The standard InChI is InChI=1S/C14H24OSSi/c1-5-13-6-7-14(9-13,11(4)16)8-12(13)17-15-10(2)3/h8,10H,5-7,9,17H2,1-4H3. The molecule has 0 aromatic heterocycles. The number of rotatable bonds is 5. The van der Waals surface area contributed by atoms with E-state index in [1.165, 1.54) is 30.5 Å². The Morgan fingerprint density at radius 3 is 2.76 bits per heavy atom. The van der Waals surface area contributed by atoms with Crippen LogP contribution in [0.2, 0.25) is 0 Å². The van der Waals surface area contributed by atoms with Crippen LogP contribution in [-0.2, 0) is 4.43 Å². The Morgan fingerprint density at radius 2 is 2.24 bits per heavy atom. The Balaban J connectivity index is 2.21. The van der Waals surface area contributed by atoms with Crippen molar-refractivity contribution in [1.82, 2.24) is 0 Å². The van der Waals surface area contributed by atoms with Crippen molar-refractivity contribution < 1.29 is 4.43 Å².